The van der Waals surface area contributed by atoms with Crippen molar-refractivity contribution in [2.45, 2.75) is 46.1 Å². The van der Waals surface area contributed by atoms with Gasteiger partial charge in [-0.05, 0) is 47.1 Å². The van der Waals surface area contributed by atoms with Crippen molar-refractivity contribution >= 4 is 11.8 Å². The van der Waals surface area contributed by atoms with Crippen LogP contribution in [0.5, 0.6) is 0 Å². The molecule has 29 heavy (non-hydrogen) atoms. The number of hydrogen-bond acceptors (Lipinski definition) is 3. The van der Waals surface area contributed by atoms with Crippen molar-refractivity contribution in [2.75, 3.05) is 6.54 Å². The molecule has 5 heteroatoms. The third-order valence-electron chi connectivity index (χ3n) is 4.70. The average Bonchev–Trinajstić information content (AvgIpc) is 2.71. The van der Waals surface area contributed by atoms with Crippen LogP contribution in [0.15, 0.2) is 48.5 Å². The van der Waals surface area contributed by atoms with Crippen LogP contribution in [-0.4, -0.2) is 24.4 Å². The first-order valence-electron chi connectivity index (χ1n) is 9.97. The number of carbonyl (C=O) groups is 2. The van der Waals surface area contributed by atoms with E-state index in [4.69, 9.17) is 5.26 Å². The molecular weight excluding hydrogens is 362 g/mol. The molecule has 0 heterocycles. The zero-order valence-electron chi connectivity index (χ0n) is 17.5. The Kier molecular flexibility index (Phi) is 7.97. The highest BCUT2D eigenvalue weighted by atomic mass is 16.2. The molecule has 2 aromatic rings. The summed E-state index contributed by atoms with van der Waals surface area (Å²) in [5.74, 6) is 0.0368. The lowest BCUT2D eigenvalue weighted by Gasteiger charge is -2.19. The van der Waals surface area contributed by atoms with Crippen molar-refractivity contribution in [3.63, 3.8) is 0 Å². The van der Waals surface area contributed by atoms with Crippen LogP contribution in [0.1, 0.15) is 56.0 Å². The molecule has 0 aliphatic carbocycles. The van der Waals surface area contributed by atoms with Crippen LogP contribution in [0.25, 0.3) is 11.1 Å². The summed E-state index contributed by atoms with van der Waals surface area (Å²) in [7, 11) is 0. The van der Waals surface area contributed by atoms with E-state index in [-0.39, 0.29) is 24.3 Å². The van der Waals surface area contributed by atoms with E-state index in [1.165, 1.54) is 5.56 Å². The quantitative estimate of drug-likeness (QED) is 0.660. The van der Waals surface area contributed by atoms with Crippen LogP contribution in [-0.2, 0) is 4.79 Å². The van der Waals surface area contributed by atoms with E-state index in [0.717, 1.165) is 11.1 Å². The summed E-state index contributed by atoms with van der Waals surface area (Å²) in [6, 6.07) is 17.0. The summed E-state index contributed by atoms with van der Waals surface area (Å²) in [4.78, 5) is 24.9. The zero-order valence-corrected chi connectivity index (χ0v) is 17.5. The van der Waals surface area contributed by atoms with Gasteiger partial charge in [0.25, 0.3) is 5.91 Å². The Morgan fingerprint density at radius 3 is 2.28 bits per heavy atom. The third-order valence-corrected chi connectivity index (χ3v) is 4.70. The number of hydrogen-bond donors (Lipinski definition) is 2. The first kappa shape index (κ1) is 22.2. The molecular formula is C24H29N3O2. The number of nitriles is 1. The molecule has 1 atom stereocenters. The van der Waals surface area contributed by atoms with Gasteiger partial charge in [-0.15, -0.1) is 0 Å². The standard InChI is InChI=1S/C24H29N3O2/c1-16(2)14-22(24(29)26-13-12-25)27-23(28)19-10-8-18(9-11-19)21-7-5-6-20(15-21)17(3)4/h5-11,15-17,22H,13-14H2,1-4H3,(H,26,29)(H,27,28)/t22-/m0/s1. The molecule has 0 unspecified atom stereocenters. The second-order valence-corrected chi connectivity index (χ2v) is 7.89. The molecule has 0 fully saturated rings. The Balaban J connectivity index is 2.13. The second kappa shape index (κ2) is 10.4. The van der Waals surface area contributed by atoms with E-state index in [1.807, 2.05) is 38.1 Å². The predicted octanol–water partition coefficient (Wildman–Crippen LogP) is 4.26. The molecule has 0 aliphatic rings. The predicted molar refractivity (Wildman–Crippen MR) is 115 cm³/mol. The minimum atomic E-state index is -0.668. The molecule has 0 aliphatic heterocycles. The van der Waals surface area contributed by atoms with Crippen molar-refractivity contribution in [1.82, 2.24) is 10.6 Å². The number of amides is 2. The van der Waals surface area contributed by atoms with E-state index in [0.29, 0.717) is 17.9 Å². The Hall–Kier alpha value is -3.13. The van der Waals surface area contributed by atoms with Gasteiger partial charge in [-0.2, -0.15) is 5.26 Å². The zero-order chi connectivity index (χ0) is 21.4. The highest BCUT2D eigenvalue weighted by Gasteiger charge is 2.22. The maximum atomic E-state index is 12.6. The van der Waals surface area contributed by atoms with Crippen LogP contribution >= 0.6 is 0 Å². The fourth-order valence-electron chi connectivity index (χ4n) is 3.09. The molecule has 5 nitrogen and oxygen atoms in total. The number of rotatable bonds is 8. The van der Waals surface area contributed by atoms with Gasteiger partial charge in [0.2, 0.25) is 5.91 Å². The fraction of sp³-hybridized carbons (Fsp3) is 0.375. The molecule has 0 aromatic heterocycles. The largest absolute Gasteiger partial charge is 0.341 e. The SMILES string of the molecule is CC(C)C[C@H](NC(=O)c1ccc(-c2cccc(C(C)C)c2)cc1)C(=O)NCC#N. The molecule has 0 bridgehead atoms. The molecule has 0 saturated heterocycles. The maximum Gasteiger partial charge on any atom is 0.251 e. The molecule has 0 spiro atoms. The lowest BCUT2D eigenvalue weighted by atomic mass is 9.97. The highest BCUT2D eigenvalue weighted by Crippen LogP contribution is 2.24. The number of nitrogens with zero attached hydrogens (tertiary/aromatic N) is 1. The van der Waals surface area contributed by atoms with E-state index in [2.05, 4.69) is 42.7 Å². The summed E-state index contributed by atoms with van der Waals surface area (Å²) in [6.07, 6.45) is 0.503. The van der Waals surface area contributed by atoms with Crippen molar-refractivity contribution in [2.24, 2.45) is 5.92 Å². The van der Waals surface area contributed by atoms with Gasteiger partial charge < -0.3 is 10.6 Å². The first-order chi connectivity index (χ1) is 13.8. The fourth-order valence-corrected chi connectivity index (χ4v) is 3.09. The van der Waals surface area contributed by atoms with Crippen LogP contribution in [0.2, 0.25) is 0 Å². The topological polar surface area (TPSA) is 82.0 Å². The lowest BCUT2D eigenvalue weighted by molar-refractivity contribution is -0.123. The summed E-state index contributed by atoms with van der Waals surface area (Å²) in [5.41, 5.74) is 3.91. The minimum absolute atomic E-state index is 0.0760. The van der Waals surface area contributed by atoms with E-state index in [9.17, 15) is 9.59 Å². The maximum absolute atomic E-state index is 12.6. The third kappa shape index (κ3) is 6.46. The van der Waals surface area contributed by atoms with Crippen molar-refractivity contribution in [3.8, 4) is 17.2 Å². The van der Waals surface area contributed by atoms with E-state index < -0.39 is 6.04 Å². The Morgan fingerprint density at radius 2 is 1.69 bits per heavy atom. The van der Waals surface area contributed by atoms with Crippen molar-refractivity contribution in [3.05, 3.63) is 59.7 Å². The molecule has 2 N–H and O–H groups in total. The first-order valence-corrected chi connectivity index (χ1v) is 9.97. The Bertz CT molecular complexity index is 880. The number of benzene rings is 2. The van der Waals surface area contributed by atoms with Gasteiger partial charge in [0, 0.05) is 5.56 Å². The van der Waals surface area contributed by atoms with Crippen LogP contribution in [0.3, 0.4) is 0 Å². The van der Waals surface area contributed by atoms with Crippen LogP contribution < -0.4 is 10.6 Å². The molecule has 0 saturated carbocycles. The smallest absolute Gasteiger partial charge is 0.251 e. The highest BCUT2D eigenvalue weighted by molar-refractivity contribution is 5.97. The van der Waals surface area contributed by atoms with Gasteiger partial charge in [-0.3, -0.25) is 9.59 Å². The van der Waals surface area contributed by atoms with E-state index >= 15 is 0 Å². The van der Waals surface area contributed by atoms with Gasteiger partial charge in [-0.1, -0.05) is 64.1 Å². The molecule has 0 radical (unpaired) electrons. The van der Waals surface area contributed by atoms with Gasteiger partial charge in [0.15, 0.2) is 0 Å². The number of carbonyl (C=O) groups excluding carboxylic acids is 2. The number of nitrogens with one attached hydrogen (secondary N) is 2. The van der Waals surface area contributed by atoms with Crippen molar-refractivity contribution in [1.29, 1.82) is 5.26 Å². The molecule has 2 amide bonds. The van der Waals surface area contributed by atoms with Crippen LogP contribution in [0, 0.1) is 17.2 Å². The Labute approximate surface area is 173 Å². The molecule has 2 rings (SSSR count). The van der Waals surface area contributed by atoms with Crippen molar-refractivity contribution < 1.29 is 9.59 Å². The van der Waals surface area contributed by atoms with E-state index in [1.54, 1.807) is 12.1 Å². The monoisotopic (exact) mass is 391 g/mol. The average molecular weight is 392 g/mol. The second-order valence-electron chi connectivity index (χ2n) is 7.89. The van der Waals surface area contributed by atoms with Crippen LogP contribution in [0.4, 0.5) is 0 Å². The summed E-state index contributed by atoms with van der Waals surface area (Å²) >= 11 is 0. The summed E-state index contributed by atoms with van der Waals surface area (Å²) in [5, 5.41) is 14.0. The summed E-state index contributed by atoms with van der Waals surface area (Å²) < 4.78 is 0. The normalized spacial score (nSPS) is 11.8. The Morgan fingerprint density at radius 1 is 1.00 bits per heavy atom. The molecule has 2 aromatic carbocycles. The lowest BCUT2D eigenvalue weighted by Crippen LogP contribution is -2.47. The van der Waals surface area contributed by atoms with Gasteiger partial charge >= 0.3 is 0 Å². The van der Waals surface area contributed by atoms with Gasteiger partial charge in [0.05, 0.1) is 6.07 Å². The minimum Gasteiger partial charge on any atom is -0.341 e. The molecule has 152 valence electrons. The summed E-state index contributed by atoms with van der Waals surface area (Å²) in [6.45, 7) is 8.21. The van der Waals surface area contributed by atoms with Gasteiger partial charge in [-0.25, -0.2) is 0 Å². The van der Waals surface area contributed by atoms with Gasteiger partial charge in [0.1, 0.15) is 12.6 Å².